The molecule has 0 spiro atoms. The van der Waals surface area contributed by atoms with Crippen molar-refractivity contribution in [1.29, 1.82) is 0 Å². The quantitative estimate of drug-likeness (QED) is 0.233. The molecule has 0 bridgehead atoms. The van der Waals surface area contributed by atoms with Crippen LogP contribution in [0, 0.1) is 0 Å². The molecule has 29 heavy (non-hydrogen) atoms. The third-order valence-corrected chi connectivity index (χ3v) is 4.53. The highest BCUT2D eigenvalue weighted by Gasteiger charge is 2.45. The van der Waals surface area contributed by atoms with Gasteiger partial charge < -0.3 is 30.9 Å². The molecule has 4 rings (SSSR count). The maximum absolute atomic E-state index is 10.4. The van der Waals surface area contributed by atoms with Gasteiger partial charge in [0.15, 0.2) is 23.2 Å². The van der Waals surface area contributed by atoms with Crippen molar-refractivity contribution in [2.45, 2.75) is 24.5 Å². The summed E-state index contributed by atoms with van der Waals surface area (Å²) >= 11 is 0. The predicted molar refractivity (Wildman–Crippen MR) is 102 cm³/mol. The monoisotopic (exact) mass is 401 g/mol. The molecule has 1 aromatic carbocycles. The average molecular weight is 401 g/mol. The summed E-state index contributed by atoms with van der Waals surface area (Å²) in [6.45, 7) is -0.475. The van der Waals surface area contributed by atoms with Crippen LogP contribution in [-0.2, 0) is 4.74 Å². The molecular formula is C17H19N7O5. The van der Waals surface area contributed by atoms with Crippen molar-refractivity contribution in [3.63, 3.8) is 0 Å². The van der Waals surface area contributed by atoms with E-state index in [0.29, 0.717) is 5.56 Å². The number of aliphatic hydroxyl groups is 3. The maximum Gasteiger partial charge on any atom is 0.228 e. The number of aromatic hydroxyl groups is 1. The number of hydrazone groups is 1. The molecule has 1 saturated heterocycles. The summed E-state index contributed by atoms with van der Waals surface area (Å²) in [5, 5.41) is 43.5. The van der Waals surface area contributed by atoms with Crippen molar-refractivity contribution in [3.8, 4) is 5.75 Å². The van der Waals surface area contributed by atoms with Gasteiger partial charge in [-0.05, 0) is 17.7 Å². The highest BCUT2D eigenvalue weighted by molar-refractivity contribution is 5.84. The zero-order valence-corrected chi connectivity index (χ0v) is 15.0. The summed E-state index contributed by atoms with van der Waals surface area (Å²) in [5.41, 5.74) is 9.73. The Morgan fingerprint density at radius 1 is 1.28 bits per heavy atom. The van der Waals surface area contributed by atoms with E-state index >= 15 is 0 Å². The van der Waals surface area contributed by atoms with Crippen molar-refractivity contribution in [3.05, 3.63) is 36.2 Å². The standard InChI is InChI=1S/C17H19N7O5/c18-14-11-15(20-7-19-14)24(16-13(28)12(27)10(6-25)29-16)17(22-11)23-21-5-8-2-1-3-9(26)4-8/h1-5,7,10,12-13,16,25-28H,6H2,(H,22,23)(H2,18,19,20)/b21-5-/t10-,12+,13+,16+/m0/s1. The number of benzene rings is 1. The SMILES string of the molecule is Nc1ncnc2c1nc(N/N=C\c1cccc(O)c1)n2[C@@H]1O[C@@H](CO)[C@@H](O)[C@H]1O. The Morgan fingerprint density at radius 2 is 2.10 bits per heavy atom. The molecule has 2 aromatic heterocycles. The van der Waals surface area contributed by atoms with Gasteiger partial charge in [-0.2, -0.15) is 5.10 Å². The summed E-state index contributed by atoms with van der Waals surface area (Å²) in [7, 11) is 0. The van der Waals surface area contributed by atoms with Crippen molar-refractivity contribution in [1.82, 2.24) is 19.5 Å². The molecule has 1 aliphatic heterocycles. The number of anilines is 2. The number of aliphatic hydroxyl groups excluding tert-OH is 3. The topological polar surface area (TPSA) is 184 Å². The summed E-state index contributed by atoms with van der Waals surface area (Å²) in [4.78, 5) is 12.4. The van der Waals surface area contributed by atoms with Crippen LogP contribution in [-0.4, -0.2) is 71.1 Å². The minimum atomic E-state index is -1.35. The van der Waals surface area contributed by atoms with Crippen LogP contribution in [0.15, 0.2) is 35.7 Å². The van der Waals surface area contributed by atoms with Crippen LogP contribution < -0.4 is 11.2 Å². The molecule has 3 heterocycles. The van der Waals surface area contributed by atoms with Crippen LogP contribution >= 0.6 is 0 Å². The molecule has 12 heteroatoms. The fourth-order valence-corrected chi connectivity index (χ4v) is 3.11. The third kappa shape index (κ3) is 3.45. The number of fused-ring (bicyclic) bond motifs is 1. The smallest absolute Gasteiger partial charge is 0.228 e. The summed E-state index contributed by atoms with van der Waals surface area (Å²) < 4.78 is 6.98. The average Bonchev–Trinajstić information content (AvgIpc) is 3.20. The first-order valence-electron chi connectivity index (χ1n) is 8.68. The van der Waals surface area contributed by atoms with Gasteiger partial charge in [-0.25, -0.2) is 20.4 Å². The van der Waals surface area contributed by atoms with E-state index in [1.165, 1.54) is 29.2 Å². The zero-order valence-electron chi connectivity index (χ0n) is 15.0. The number of ether oxygens (including phenoxy) is 1. The van der Waals surface area contributed by atoms with E-state index in [0.717, 1.165) is 0 Å². The molecule has 1 fully saturated rings. The number of hydrogen-bond donors (Lipinski definition) is 6. The van der Waals surface area contributed by atoms with Gasteiger partial charge in [0, 0.05) is 0 Å². The van der Waals surface area contributed by atoms with Crippen molar-refractivity contribution >= 4 is 29.1 Å². The van der Waals surface area contributed by atoms with Gasteiger partial charge in [0.05, 0.1) is 12.8 Å². The number of imidazole rings is 1. The van der Waals surface area contributed by atoms with E-state index in [1.807, 2.05) is 0 Å². The van der Waals surface area contributed by atoms with Gasteiger partial charge in [-0.15, -0.1) is 0 Å². The van der Waals surface area contributed by atoms with E-state index in [1.54, 1.807) is 12.1 Å². The Balaban J connectivity index is 1.72. The Bertz CT molecular complexity index is 1060. The summed E-state index contributed by atoms with van der Waals surface area (Å²) in [5.74, 6) is 0.328. The Kier molecular flexibility index (Phi) is 4.98. The minimum Gasteiger partial charge on any atom is -0.508 e. The Morgan fingerprint density at radius 3 is 2.83 bits per heavy atom. The third-order valence-electron chi connectivity index (χ3n) is 4.53. The highest BCUT2D eigenvalue weighted by atomic mass is 16.6. The van der Waals surface area contributed by atoms with E-state index in [4.69, 9.17) is 10.5 Å². The fraction of sp³-hybridized carbons (Fsp3) is 0.294. The number of phenolic OH excluding ortho intramolecular Hbond substituents is 1. The minimum absolute atomic E-state index is 0.0933. The molecule has 0 aliphatic carbocycles. The molecule has 4 atom stereocenters. The van der Waals surface area contributed by atoms with Crippen molar-refractivity contribution in [2.24, 2.45) is 5.10 Å². The second-order valence-electron chi connectivity index (χ2n) is 6.43. The lowest BCUT2D eigenvalue weighted by Crippen LogP contribution is -2.33. The Labute approximate surface area is 163 Å². The van der Waals surface area contributed by atoms with Crippen LogP contribution in [0.2, 0.25) is 0 Å². The number of nitrogen functional groups attached to an aromatic ring is 1. The van der Waals surface area contributed by atoms with Crippen LogP contribution in [0.3, 0.4) is 0 Å². The van der Waals surface area contributed by atoms with Gasteiger partial charge in [-0.1, -0.05) is 12.1 Å². The number of rotatable bonds is 5. The Hall–Kier alpha value is -3.32. The summed E-state index contributed by atoms with van der Waals surface area (Å²) in [6.07, 6.45) is -2.04. The zero-order chi connectivity index (χ0) is 20.5. The lowest BCUT2D eigenvalue weighted by atomic mass is 10.1. The lowest BCUT2D eigenvalue weighted by molar-refractivity contribution is -0.0501. The number of phenols is 1. The molecule has 0 saturated carbocycles. The van der Waals surface area contributed by atoms with Crippen molar-refractivity contribution < 1.29 is 25.2 Å². The van der Waals surface area contributed by atoms with Crippen LogP contribution in [0.25, 0.3) is 11.2 Å². The molecular weight excluding hydrogens is 382 g/mol. The molecule has 0 amide bonds. The molecule has 0 radical (unpaired) electrons. The van der Waals surface area contributed by atoms with E-state index in [2.05, 4.69) is 25.5 Å². The van der Waals surface area contributed by atoms with Gasteiger partial charge in [0.1, 0.15) is 30.4 Å². The van der Waals surface area contributed by atoms with Gasteiger partial charge in [0.2, 0.25) is 5.95 Å². The van der Waals surface area contributed by atoms with Crippen LogP contribution in [0.1, 0.15) is 11.8 Å². The number of nitrogens with one attached hydrogen (secondary N) is 1. The second kappa shape index (κ2) is 7.60. The molecule has 152 valence electrons. The number of nitrogens with zero attached hydrogens (tertiary/aromatic N) is 5. The first-order valence-corrected chi connectivity index (χ1v) is 8.68. The van der Waals surface area contributed by atoms with Crippen molar-refractivity contribution in [2.75, 3.05) is 17.8 Å². The number of nitrogens with two attached hydrogens (primary N) is 1. The van der Waals surface area contributed by atoms with Gasteiger partial charge in [-0.3, -0.25) is 4.57 Å². The van der Waals surface area contributed by atoms with E-state index in [-0.39, 0.29) is 28.7 Å². The number of hydrogen-bond acceptors (Lipinski definition) is 11. The molecule has 3 aromatic rings. The molecule has 7 N–H and O–H groups in total. The maximum atomic E-state index is 10.4. The molecule has 12 nitrogen and oxygen atoms in total. The first kappa shape index (κ1) is 19.0. The predicted octanol–water partition coefficient (Wildman–Crippen LogP) is -0.828. The highest BCUT2D eigenvalue weighted by Crippen LogP contribution is 2.35. The number of aromatic nitrogens is 4. The van der Waals surface area contributed by atoms with Gasteiger partial charge in [0.25, 0.3) is 0 Å². The normalized spacial score (nSPS) is 24.5. The molecule has 0 unspecified atom stereocenters. The van der Waals surface area contributed by atoms with E-state index < -0.39 is 31.1 Å². The van der Waals surface area contributed by atoms with Crippen LogP contribution in [0.5, 0.6) is 5.75 Å². The van der Waals surface area contributed by atoms with Crippen LogP contribution in [0.4, 0.5) is 11.8 Å². The second-order valence-corrected chi connectivity index (χ2v) is 6.43. The fourth-order valence-electron chi connectivity index (χ4n) is 3.11. The molecule has 1 aliphatic rings. The van der Waals surface area contributed by atoms with E-state index in [9.17, 15) is 20.4 Å². The largest absolute Gasteiger partial charge is 0.508 e. The first-order chi connectivity index (χ1) is 14.0. The summed E-state index contributed by atoms with van der Waals surface area (Å²) in [6, 6.07) is 6.46. The van der Waals surface area contributed by atoms with Gasteiger partial charge >= 0.3 is 0 Å². The lowest BCUT2D eigenvalue weighted by Gasteiger charge is -2.18.